The van der Waals surface area contributed by atoms with Crippen LogP contribution in [0.25, 0.3) is 0 Å². The summed E-state index contributed by atoms with van der Waals surface area (Å²) in [6, 6.07) is 4.42. The molecule has 0 amide bonds. The molecule has 4 N–H and O–H groups in total. The second-order valence-electron chi connectivity index (χ2n) is 3.82. The summed E-state index contributed by atoms with van der Waals surface area (Å²) in [7, 11) is -3.61. The number of aromatic amines is 1. The monoisotopic (exact) mass is 300 g/mol. The summed E-state index contributed by atoms with van der Waals surface area (Å²) in [6.45, 7) is 0.274. The fourth-order valence-electron chi connectivity index (χ4n) is 1.52. The lowest BCUT2D eigenvalue weighted by Crippen LogP contribution is -2.24. The van der Waals surface area contributed by atoms with E-state index in [1.807, 2.05) is 0 Å². The van der Waals surface area contributed by atoms with Crippen LogP contribution in [0.15, 0.2) is 35.5 Å². The van der Waals surface area contributed by atoms with Crippen LogP contribution in [-0.2, 0) is 23.1 Å². The molecule has 0 aliphatic heterocycles. The Bertz CT molecular complexity index is 655. The van der Waals surface area contributed by atoms with Crippen LogP contribution < -0.4 is 10.5 Å². The Morgan fingerprint density at radius 1 is 1.42 bits per heavy atom. The van der Waals surface area contributed by atoms with E-state index >= 15 is 0 Å². The van der Waals surface area contributed by atoms with Crippen LogP contribution in [0.3, 0.4) is 0 Å². The van der Waals surface area contributed by atoms with Gasteiger partial charge in [0.1, 0.15) is 5.82 Å². The van der Waals surface area contributed by atoms with Crippen LogP contribution in [0, 0.1) is 0 Å². The van der Waals surface area contributed by atoms with Gasteiger partial charge in [-0.1, -0.05) is 11.6 Å². The van der Waals surface area contributed by atoms with Crippen molar-refractivity contribution in [2.24, 2.45) is 5.73 Å². The predicted octanol–water partition coefficient (Wildman–Crippen LogP) is 1.00. The molecule has 0 fully saturated rings. The van der Waals surface area contributed by atoms with E-state index in [4.69, 9.17) is 17.3 Å². The van der Waals surface area contributed by atoms with Crippen LogP contribution >= 0.6 is 11.6 Å². The summed E-state index contributed by atoms with van der Waals surface area (Å²) >= 11 is 5.89. The number of hydrogen-bond acceptors (Lipinski definition) is 4. The molecule has 2 aromatic rings. The first kappa shape index (κ1) is 14.0. The van der Waals surface area contributed by atoms with Gasteiger partial charge >= 0.3 is 0 Å². The Morgan fingerprint density at radius 2 is 2.21 bits per heavy atom. The number of halogens is 1. The van der Waals surface area contributed by atoms with Gasteiger partial charge in [-0.15, -0.1) is 0 Å². The molecule has 0 saturated heterocycles. The molecule has 8 heteroatoms. The Kier molecular flexibility index (Phi) is 4.20. The standard InChI is InChI=1S/C11H13ClN4O2S/c12-10-2-1-9(5-8(10)6-13)19(17,18)16-7-11-14-3-4-15-11/h1-5,16H,6-7,13H2,(H,14,15). The molecule has 0 aliphatic rings. The van der Waals surface area contributed by atoms with Crippen molar-refractivity contribution in [3.63, 3.8) is 0 Å². The fraction of sp³-hybridized carbons (Fsp3) is 0.182. The van der Waals surface area contributed by atoms with Crippen molar-refractivity contribution in [1.82, 2.24) is 14.7 Å². The summed E-state index contributed by atoms with van der Waals surface area (Å²) in [5.41, 5.74) is 6.08. The molecule has 2 rings (SSSR count). The molecule has 0 saturated carbocycles. The summed E-state index contributed by atoms with van der Waals surface area (Å²) in [6.07, 6.45) is 3.18. The second kappa shape index (κ2) is 5.70. The first-order valence-corrected chi connectivity index (χ1v) is 7.35. The molecule has 1 aromatic heterocycles. The van der Waals surface area contributed by atoms with Crippen LogP contribution in [0.1, 0.15) is 11.4 Å². The number of rotatable bonds is 5. The molecule has 102 valence electrons. The molecular formula is C11H13ClN4O2S. The van der Waals surface area contributed by atoms with Crippen molar-refractivity contribution >= 4 is 21.6 Å². The van der Waals surface area contributed by atoms with Crippen molar-refractivity contribution in [2.45, 2.75) is 18.0 Å². The maximum absolute atomic E-state index is 12.1. The van der Waals surface area contributed by atoms with Gasteiger partial charge in [0, 0.05) is 24.0 Å². The first-order chi connectivity index (χ1) is 9.03. The third-order valence-corrected chi connectivity index (χ3v) is 4.30. The van der Waals surface area contributed by atoms with Gasteiger partial charge in [-0.2, -0.15) is 0 Å². The van der Waals surface area contributed by atoms with Crippen molar-refractivity contribution in [2.75, 3.05) is 0 Å². The van der Waals surface area contributed by atoms with E-state index in [1.165, 1.54) is 18.2 Å². The zero-order valence-corrected chi connectivity index (χ0v) is 11.5. The van der Waals surface area contributed by atoms with Gasteiger partial charge in [0.25, 0.3) is 0 Å². The third-order valence-electron chi connectivity index (χ3n) is 2.53. The highest BCUT2D eigenvalue weighted by atomic mass is 35.5. The molecule has 0 unspecified atom stereocenters. The number of H-pyrrole nitrogens is 1. The van der Waals surface area contributed by atoms with Crippen LogP contribution in [0.2, 0.25) is 5.02 Å². The van der Waals surface area contributed by atoms with Crippen molar-refractivity contribution in [1.29, 1.82) is 0 Å². The highest BCUT2D eigenvalue weighted by Gasteiger charge is 2.15. The molecule has 0 radical (unpaired) electrons. The van der Waals surface area contributed by atoms with E-state index in [0.717, 1.165) is 0 Å². The van der Waals surface area contributed by atoms with E-state index in [0.29, 0.717) is 16.4 Å². The summed E-state index contributed by atoms with van der Waals surface area (Å²) in [4.78, 5) is 6.88. The minimum atomic E-state index is -3.61. The highest BCUT2D eigenvalue weighted by molar-refractivity contribution is 7.89. The van der Waals surface area contributed by atoms with Crippen LogP contribution in [0.4, 0.5) is 0 Å². The molecule has 0 atom stereocenters. The van der Waals surface area contributed by atoms with E-state index in [-0.39, 0.29) is 18.0 Å². The van der Waals surface area contributed by atoms with Crippen LogP contribution in [0.5, 0.6) is 0 Å². The maximum Gasteiger partial charge on any atom is 0.240 e. The van der Waals surface area contributed by atoms with Gasteiger partial charge in [0.2, 0.25) is 10.0 Å². The summed E-state index contributed by atoms with van der Waals surface area (Å²) in [5.74, 6) is 0.539. The lowest BCUT2D eigenvalue weighted by molar-refractivity contribution is 0.579. The number of imidazole rings is 1. The minimum absolute atomic E-state index is 0.0932. The molecule has 6 nitrogen and oxygen atoms in total. The lowest BCUT2D eigenvalue weighted by Gasteiger charge is -2.08. The lowest BCUT2D eigenvalue weighted by atomic mass is 10.2. The van der Waals surface area contributed by atoms with Gasteiger partial charge in [-0.25, -0.2) is 18.1 Å². The van der Waals surface area contributed by atoms with Crippen molar-refractivity contribution in [3.8, 4) is 0 Å². The van der Waals surface area contributed by atoms with Gasteiger partial charge < -0.3 is 10.7 Å². The molecule has 0 aliphatic carbocycles. The topological polar surface area (TPSA) is 101 Å². The summed E-state index contributed by atoms with van der Waals surface area (Å²) < 4.78 is 26.6. The molecule has 0 spiro atoms. The quantitative estimate of drug-likeness (QED) is 0.767. The number of nitrogens with two attached hydrogens (primary N) is 1. The average Bonchev–Trinajstić information content (AvgIpc) is 2.90. The molecule has 1 heterocycles. The van der Waals surface area contributed by atoms with Crippen LogP contribution in [-0.4, -0.2) is 18.4 Å². The second-order valence-corrected chi connectivity index (χ2v) is 5.99. The van der Waals surface area contributed by atoms with E-state index in [2.05, 4.69) is 14.7 Å². The normalized spacial score (nSPS) is 11.7. The fourth-order valence-corrected chi connectivity index (χ4v) is 2.75. The van der Waals surface area contributed by atoms with Gasteiger partial charge in [-0.3, -0.25) is 0 Å². The number of aromatic nitrogens is 2. The number of sulfonamides is 1. The van der Waals surface area contributed by atoms with Crippen molar-refractivity contribution in [3.05, 3.63) is 47.0 Å². The number of nitrogens with zero attached hydrogens (tertiary/aromatic N) is 1. The minimum Gasteiger partial charge on any atom is -0.347 e. The SMILES string of the molecule is NCc1cc(S(=O)(=O)NCc2ncc[nH]2)ccc1Cl. The first-order valence-electron chi connectivity index (χ1n) is 5.49. The Morgan fingerprint density at radius 3 is 2.84 bits per heavy atom. The number of hydrogen-bond donors (Lipinski definition) is 3. The molecular weight excluding hydrogens is 288 g/mol. The average molecular weight is 301 g/mol. The van der Waals surface area contributed by atoms with Gasteiger partial charge in [0.05, 0.1) is 11.4 Å². The number of nitrogens with one attached hydrogen (secondary N) is 2. The maximum atomic E-state index is 12.1. The van der Waals surface area contributed by atoms with E-state index in [9.17, 15) is 8.42 Å². The highest BCUT2D eigenvalue weighted by Crippen LogP contribution is 2.20. The Labute approximate surface area is 116 Å². The van der Waals surface area contributed by atoms with Gasteiger partial charge in [-0.05, 0) is 23.8 Å². The van der Waals surface area contributed by atoms with Gasteiger partial charge in [0.15, 0.2) is 0 Å². The summed E-state index contributed by atoms with van der Waals surface area (Å²) in [5, 5.41) is 0.451. The van der Waals surface area contributed by atoms with E-state index < -0.39 is 10.0 Å². The van der Waals surface area contributed by atoms with E-state index in [1.54, 1.807) is 12.4 Å². The molecule has 19 heavy (non-hydrogen) atoms. The molecule has 0 bridgehead atoms. The Hall–Kier alpha value is -1.41. The zero-order chi connectivity index (χ0) is 13.9. The third kappa shape index (κ3) is 3.32. The van der Waals surface area contributed by atoms with Crippen molar-refractivity contribution < 1.29 is 8.42 Å². The molecule has 1 aromatic carbocycles. The largest absolute Gasteiger partial charge is 0.347 e. The zero-order valence-electron chi connectivity index (χ0n) is 9.93. The smallest absolute Gasteiger partial charge is 0.240 e. The predicted molar refractivity (Wildman–Crippen MR) is 72.0 cm³/mol. The number of benzene rings is 1. The Balaban J connectivity index is 2.19.